The SMILES string of the molecule is NC(=O)c1nccnc1C1N=C(c2ccccc2)c2ccccc2NC1=O. The topological polar surface area (TPSA) is 110 Å². The molecule has 0 bridgehead atoms. The number of nitrogens with zero attached hydrogens (tertiary/aromatic N) is 3. The number of aliphatic imine (C=N–C) groups is 1. The van der Waals surface area contributed by atoms with E-state index in [0.717, 1.165) is 11.1 Å². The van der Waals surface area contributed by atoms with Gasteiger partial charge in [-0.25, -0.2) is 4.98 Å². The minimum Gasteiger partial charge on any atom is -0.364 e. The Balaban J connectivity index is 1.95. The lowest BCUT2D eigenvalue weighted by molar-refractivity contribution is -0.117. The first-order valence-corrected chi connectivity index (χ1v) is 8.29. The van der Waals surface area contributed by atoms with Crippen LogP contribution in [0.25, 0.3) is 0 Å². The highest BCUT2D eigenvalue weighted by Crippen LogP contribution is 2.29. The number of hydrogen-bond acceptors (Lipinski definition) is 5. The van der Waals surface area contributed by atoms with Crippen molar-refractivity contribution in [3.63, 3.8) is 0 Å². The van der Waals surface area contributed by atoms with Gasteiger partial charge in [0.2, 0.25) is 0 Å². The third kappa shape index (κ3) is 3.06. The highest BCUT2D eigenvalue weighted by molar-refractivity contribution is 6.19. The van der Waals surface area contributed by atoms with Crippen LogP contribution in [0.2, 0.25) is 0 Å². The Kier molecular flexibility index (Phi) is 4.18. The molecular weight excluding hydrogens is 342 g/mol. The molecule has 1 aromatic heterocycles. The molecule has 1 unspecified atom stereocenters. The Labute approximate surface area is 155 Å². The van der Waals surface area contributed by atoms with E-state index < -0.39 is 17.9 Å². The molecule has 2 heterocycles. The molecule has 4 rings (SSSR count). The fourth-order valence-electron chi connectivity index (χ4n) is 3.01. The van der Waals surface area contributed by atoms with Crippen LogP contribution in [-0.2, 0) is 4.79 Å². The van der Waals surface area contributed by atoms with E-state index in [1.54, 1.807) is 6.07 Å². The summed E-state index contributed by atoms with van der Waals surface area (Å²) in [6.45, 7) is 0. The van der Waals surface area contributed by atoms with Crippen LogP contribution in [0.3, 0.4) is 0 Å². The van der Waals surface area contributed by atoms with Crippen molar-refractivity contribution in [2.24, 2.45) is 10.7 Å². The number of primary amides is 1. The summed E-state index contributed by atoms with van der Waals surface area (Å²) >= 11 is 0. The quantitative estimate of drug-likeness (QED) is 0.748. The number of benzodiazepines with no additional fused rings is 1. The van der Waals surface area contributed by atoms with E-state index in [1.165, 1.54) is 12.4 Å². The van der Waals surface area contributed by atoms with Gasteiger partial charge in [0, 0.05) is 23.5 Å². The molecule has 0 spiro atoms. The number of nitrogens with two attached hydrogens (primary N) is 1. The smallest absolute Gasteiger partial charge is 0.269 e. The molecule has 1 aliphatic heterocycles. The second-order valence-corrected chi connectivity index (χ2v) is 5.94. The van der Waals surface area contributed by atoms with Crippen molar-refractivity contribution in [1.29, 1.82) is 0 Å². The number of carbonyl (C=O) groups is 2. The van der Waals surface area contributed by atoms with Crippen LogP contribution < -0.4 is 11.1 Å². The number of rotatable bonds is 3. The first kappa shape index (κ1) is 16.6. The zero-order valence-electron chi connectivity index (χ0n) is 14.2. The minimum atomic E-state index is -1.05. The molecule has 3 N–H and O–H groups in total. The van der Waals surface area contributed by atoms with Gasteiger partial charge in [-0.15, -0.1) is 0 Å². The second-order valence-electron chi connectivity index (χ2n) is 5.94. The van der Waals surface area contributed by atoms with Gasteiger partial charge in [0.1, 0.15) is 5.69 Å². The maximum Gasteiger partial charge on any atom is 0.269 e. The van der Waals surface area contributed by atoms with Crippen molar-refractivity contribution in [3.05, 3.63) is 89.5 Å². The lowest BCUT2D eigenvalue weighted by atomic mass is 10.0. The predicted octanol–water partition coefficient (Wildman–Crippen LogP) is 2.11. The summed E-state index contributed by atoms with van der Waals surface area (Å²) in [5, 5.41) is 2.86. The van der Waals surface area contributed by atoms with Crippen molar-refractivity contribution in [2.45, 2.75) is 6.04 Å². The normalized spacial score (nSPS) is 15.9. The summed E-state index contributed by atoms with van der Waals surface area (Å²) in [4.78, 5) is 37.5. The van der Waals surface area contributed by atoms with Crippen LogP contribution in [0.15, 0.2) is 72.0 Å². The molecule has 132 valence electrons. The number of para-hydroxylation sites is 1. The third-order valence-corrected chi connectivity index (χ3v) is 4.21. The van der Waals surface area contributed by atoms with Crippen LogP contribution in [0, 0.1) is 0 Å². The van der Waals surface area contributed by atoms with Crippen LogP contribution in [0.4, 0.5) is 5.69 Å². The number of anilines is 1. The third-order valence-electron chi connectivity index (χ3n) is 4.21. The summed E-state index contributed by atoms with van der Waals surface area (Å²) < 4.78 is 0. The zero-order chi connectivity index (χ0) is 18.8. The lowest BCUT2D eigenvalue weighted by Crippen LogP contribution is -2.25. The van der Waals surface area contributed by atoms with E-state index >= 15 is 0 Å². The Morgan fingerprint density at radius 1 is 0.963 bits per heavy atom. The number of aromatic nitrogens is 2. The van der Waals surface area contributed by atoms with Gasteiger partial charge in [-0.05, 0) is 6.07 Å². The van der Waals surface area contributed by atoms with Gasteiger partial charge >= 0.3 is 0 Å². The van der Waals surface area contributed by atoms with Crippen molar-refractivity contribution in [1.82, 2.24) is 9.97 Å². The first-order chi connectivity index (χ1) is 13.1. The Morgan fingerprint density at radius 3 is 2.44 bits per heavy atom. The summed E-state index contributed by atoms with van der Waals surface area (Å²) in [6, 6.07) is 15.9. The van der Waals surface area contributed by atoms with E-state index in [1.807, 2.05) is 48.5 Å². The summed E-state index contributed by atoms with van der Waals surface area (Å²) in [5.74, 6) is -1.17. The molecule has 0 aliphatic carbocycles. The molecule has 0 saturated carbocycles. The fourth-order valence-corrected chi connectivity index (χ4v) is 3.01. The van der Waals surface area contributed by atoms with Gasteiger partial charge < -0.3 is 11.1 Å². The van der Waals surface area contributed by atoms with E-state index in [4.69, 9.17) is 5.73 Å². The average Bonchev–Trinajstić information content (AvgIpc) is 2.84. The molecule has 0 fully saturated rings. The number of amides is 2. The fraction of sp³-hybridized carbons (Fsp3) is 0.0500. The summed E-state index contributed by atoms with van der Waals surface area (Å²) in [7, 11) is 0. The molecule has 7 heteroatoms. The monoisotopic (exact) mass is 357 g/mol. The molecule has 7 nitrogen and oxygen atoms in total. The molecule has 2 aromatic carbocycles. The van der Waals surface area contributed by atoms with Gasteiger partial charge in [-0.1, -0.05) is 48.5 Å². The molecule has 3 aromatic rings. The van der Waals surface area contributed by atoms with Gasteiger partial charge in [-0.2, -0.15) is 0 Å². The molecule has 1 aliphatic rings. The van der Waals surface area contributed by atoms with E-state index in [9.17, 15) is 9.59 Å². The Hall–Kier alpha value is -3.87. The van der Waals surface area contributed by atoms with Crippen LogP contribution in [0.5, 0.6) is 0 Å². The van der Waals surface area contributed by atoms with Gasteiger partial charge in [0.05, 0.1) is 11.4 Å². The minimum absolute atomic E-state index is 0.0697. The molecule has 2 amide bonds. The molecule has 0 radical (unpaired) electrons. The number of hydrogen-bond donors (Lipinski definition) is 2. The maximum atomic E-state index is 12.9. The van der Waals surface area contributed by atoms with Crippen molar-refractivity contribution >= 4 is 23.2 Å². The number of nitrogens with one attached hydrogen (secondary N) is 1. The Morgan fingerprint density at radius 2 is 1.67 bits per heavy atom. The highest BCUT2D eigenvalue weighted by Gasteiger charge is 2.31. The lowest BCUT2D eigenvalue weighted by Gasteiger charge is -2.12. The second kappa shape index (κ2) is 6.80. The number of benzene rings is 2. The van der Waals surface area contributed by atoms with E-state index in [-0.39, 0.29) is 11.4 Å². The average molecular weight is 357 g/mol. The number of carbonyl (C=O) groups excluding carboxylic acids is 2. The molecule has 1 atom stereocenters. The van der Waals surface area contributed by atoms with Crippen molar-refractivity contribution in [2.75, 3.05) is 5.32 Å². The summed E-state index contributed by atoms with van der Waals surface area (Å²) in [6.07, 6.45) is 2.76. The zero-order valence-corrected chi connectivity index (χ0v) is 14.2. The molecular formula is C20H15N5O2. The Bertz CT molecular complexity index is 1060. The largest absolute Gasteiger partial charge is 0.364 e. The molecule has 0 saturated heterocycles. The van der Waals surface area contributed by atoms with Crippen molar-refractivity contribution in [3.8, 4) is 0 Å². The van der Waals surface area contributed by atoms with Gasteiger partial charge in [0.15, 0.2) is 11.7 Å². The van der Waals surface area contributed by atoms with Crippen LogP contribution in [-0.4, -0.2) is 27.5 Å². The van der Waals surface area contributed by atoms with E-state index in [2.05, 4.69) is 20.3 Å². The van der Waals surface area contributed by atoms with Crippen molar-refractivity contribution < 1.29 is 9.59 Å². The molecule has 27 heavy (non-hydrogen) atoms. The standard InChI is InChI=1S/C20H15N5O2/c21-19(26)17-16(22-10-11-23-17)18-20(27)24-14-9-5-4-8-13(14)15(25-18)12-6-2-1-3-7-12/h1-11,18H,(H2,21,26)(H,24,27). The number of fused-ring (bicyclic) bond motifs is 1. The van der Waals surface area contributed by atoms with E-state index in [0.29, 0.717) is 11.4 Å². The highest BCUT2D eigenvalue weighted by atomic mass is 16.2. The summed E-state index contributed by atoms with van der Waals surface area (Å²) in [5.41, 5.74) is 8.36. The van der Waals surface area contributed by atoms with Gasteiger partial charge in [-0.3, -0.25) is 19.6 Å². The van der Waals surface area contributed by atoms with Crippen LogP contribution in [0.1, 0.15) is 33.4 Å². The predicted molar refractivity (Wildman–Crippen MR) is 100 cm³/mol. The van der Waals surface area contributed by atoms with Gasteiger partial charge in [0.25, 0.3) is 11.8 Å². The maximum absolute atomic E-state index is 12.9. The van der Waals surface area contributed by atoms with Crippen LogP contribution >= 0.6 is 0 Å². The first-order valence-electron chi connectivity index (χ1n) is 8.29.